The second kappa shape index (κ2) is 13.4. The van der Waals surface area contributed by atoms with Crippen molar-refractivity contribution in [1.29, 1.82) is 0 Å². The van der Waals surface area contributed by atoms with Crippen LogP contribution in [-0.2, 0) is 20.9 Å². The summed E-state index contributed by atoms with van der Waals surface area (Å²) in [5.74, 6) is 2.26. The van der Waals surface area contributed by atoms with Crippen LogP contribution in [0.25, 0.3) is 0 Å². The van der Waals surface area contributed by atoms with Crippen molar-refractivity contribution < 1.29 is 39.1 Å². The minimum absolute atomic E-state index is 0.0162. The van der Waals surface area contributed by atoms with Crippen LogP contribution >= 0.6 is 22.6 Å². The first-order chi connectivity index (χ1) is 21.2. The Morgan fingerprint density at radius 2 is 1.84 bits per heavy atom. The normalized spacial score (nSPS) is 34.0. The van der Waals surface area contributed by atoms with E-state index in [9.17, 15) is 24.9 Å². The topological polar surface area (TPSA) is 138 Å². The van der Waals surface area contributed by atoms with Crippen molar-refractivity contribution in [1.82, 2.24) is 10.2 Å². The van der Waals surface area contributed by atoms with E-state index in [1.165, 1.54) is 26.4 Å². The number of hydrogen-bond donors (Lipinski definition) is 4. The SMILES string of the molecule is COc1cc(CO)cc(I)c1O[C@H]1C=C(C(=O)NCCO)C[C@@H](N(CC23CC4CC(CC(C4)C2)C3)C(=O)C2CCOC2)[C@@H]1O. The number of ether oxygens (including phenoxy) is 3. The molecule has 6 aliphatic rings. The fraction of sp³-hybridized carbons (Fsp3) is 0.697. The summed E-state index contributed by atoms with van der Waals surface area (Å²) in [4.78, 5) is 29.6. The van der Waals surface area contributed by atoms with Crippen LogP contribution in [0.15, 0.2) is 23.8 Å². The Labute approximate surface area is 272 Å². The van der Waals surface area contributed by atoms with E-state index < -0.39 is 18.2 Å². The number of aliphatic hydroxyl groups is 3. The number of rotatable bonds is 11. The van der Waals surface area contributed by atoms with Gasteiger partial charge in [-0.2, -0.15) is 0 Å². The molecule has 1 unspecified atom stereocenters. The molecule has 44 heavy (non-hydrogen) atoms. The van der Waals surface area contributed by atoms with Crippen molar-refractivity contribution in [2.75, 3.05) is 40.0 Å². The minimum atomic E-state index is -1.11. The number of nitrogens with one attached hydrogen (secondary N) is 1. The van der Waals surface area contributed by atoms with Crippen LogP contribution in [0.5, 0.6) is 11.5 Å². The van der Waals surface area contributed by atoms with Crippen LogP contribution in [0.4, 0.5) is 0 Å². The highest BCUT2D eigenvalue weighted by molar-refractivity contribution is 14.1. The van der Waals surface area contributed by atoms with Gasteiger partial charge in [0.1, 0.15) is 12.2 Å². The summed E-state index contributed by atoms with van der Waals surface area (Å²) in [6.45, 7) is 1.21. The van der Waals surface area contributed by atoms with Gasteiger partial charge in [0, 0.05) is 31.7 Å². The van der Waals surface area contributed by atoms with Crippen LogP contribution in [-0.4, -0.2) is 90.3 Å². The molecule has 4 saturated carbocycles. The zero-order valence-corrected chi connectivity index (χ0v) is 27.5. The Balaban J connectivity index is 1.35. The van der Waals surface area contributed by atoms with Crippen molar-refractivity contribution in [3.63, 3.8) is 0 Å². The molecular weight excluding hydrogens is 679 g/mol. The Morgan fingerprint density at radius 1 is 1.14 bits per heavy atom. The Kier molecular flexibility index (Phi) is 9.78. The molecule has 2 amide bonds. The summed E-state index contributed by atoms with van der Waals surface area (Å²) in [5.41, 5.74) is 1.09. The molecule has 4 atom stereocenters. The first-order valence-electron chi connectivity index (χ1n) is 16.0. The van der Waals surface area contributed by atoms with Crippen LogP contribution in [0.3, 0.4) is 0 Å². The molecule has 1 aliphatic heterocycles. The number of aliphatic hydroxyl groups excluding tert-OH is 3. The second-order valence-electron chi connectivity index (χ2n) is 13.7. The van der Waals surface area contributed by atoms with Crippen LogP contribution < -0.4 is 14.8 Å². The maximum absolute atomic E-state index is 14.3. The van der Waals surface area contributed by atoms with Gasteiger partial charge in [0.15, 0.2) is 11.5 Å². The fourth-order valence-corrected chi connectivity index (χ4v) is 9.85. The molecule has 0 radical (unpaired) electrons. The number of carbonyl (C=O) groups is 2. The lowest BCUT2D eigenvalue weighted by Gasteiger charge is -2.58. The van der Waals surface area contributed by atoms with Crippen molar-refractivity contribution >= 4 is 34.4 Å². The monoisotopic (exact) mass is 724 g/mol. The van der Waals surface area contributed by atoms with Gasteiger partial charge in [-0.1, -0.05) is 0 Å². The smallest absolute Gasteiger partial charge is 0.247 e. The second-order valence-corrected chi connectivity index (χ2v) is 14.9. The third kappa shape index (κ3) is 6.49. The molecular formula is C33H45IN2O8. The number of nitrogens with zero attached hydrogens (tertiary/aromatic N) is 1. The molecule has 0 spiro atoms. The van der Waals surface area contributed by atoms with Crippen molar-refractivity contribution in [2.45, 2.75) is 76.2 Å². The summed E-state index contributed by atoms with van der Waals surface area (Å²) < 4.78 is 18.4. The Hall–Kier alpha value is -1.93. The predicted octanol–water partition coefficient (Wildman–Crippen LogP) is 2.79. The Morgan fingerprint density at radius 3 is 2.43 bits per heavy atom. The highest BCUT2D eigenvalue weighted by Crippen LogP contribution is 2.60. The fourth-order valence-electron chi connectivity index (χ4n) is 9.06. The molecule has 4 bridgehead atoms. The average Bonchev–Trinajstić information content (AvgIpc) is 3.55. The molecule has 1 aromatic rings. The zero-order chi connectivity index (χ0) is 31.0. The van der Waals surface area contributed by atoms with E-state index >= 15 is 0 Å². The largest absolute Gasteiger partial charge is 0.493 e. The van der Waals surface area contributed by atoms with Gasteiger partial charge < -0.3 is 39.7 Å². The van der Waals surface area contributed by atoms with E-state index in [-0.39, 0.29) is 49.3 Å². The molecule has 5 aliphatic carbocycles. The van der Waals surface area contributed by atoms with E-state index in [4.69, 9.17) is 14.2 Å². The standard InChI is InChI=1S/C33H45IN2O8/c1-42-28-10-22(16-38)9-25(34)30(28)44-27-12-24(31(40)35-3-4-37)11-26(29(27)39)36(32(41)23-2-5-43-17-23)18-33-13-19-6-20(14-33)8-21(7-19)15-33/h9-10,12,19-21,23,26-27,29,37-39H,2-8,11,13-18H2,1H3,(H,35,40)/t19?,20?,21?,23?,26-,27+,29+,33?/m1/s1. The molecule has 5 fully saturated rings. The number of hydrogen-bond acceptors (Lipinski definition) is 8. The summed E-state index contributed by atoms with van der Waals surface area (Å²) in [6.07, 6.45) is 7.61. The third-order valence-electron chi connectivity index (χ3n) is 10.6. The number of benzene rings is 1. The lowest BCUT2D eigenvalue weighted by molar-refractivity contribution is -0.151. The molecule has 7 rings (SSSR count). The van der Waals surface area contributed by atoms with E-state index in [1.807, 2.05) is 4.90 Å². The van der Waals surface area contributed by atoms with E-state index in [1.54, 1.807) is 18.2 Å². The maximum atomic E-state index is 14.3. The summed E-state index contributed by atoms with van der Waals surface area (Å²) >= 11 is 2.11. The third-order valence-corrected chi connectivity index (χ3v) is 11.4. The van der Waals surface area contributed by atoms with Crippen LogP contribution in [0.2, 0.25) is 0 Å². The molecule has 242 valence electrons. The molecule has 4 N–H and O–H groups in total. The van der Waals surface area contributed by atoms with Gasteiger partial charge in [-0.3, -0.25) is 9.59 Å². The number of amides is 2. The average molecular weight is 725 g/mol. The lowest BCUT2D eigenvalue weighted by atomic mass is 9.49. The molecule has 0 aromatic heterocycles. The first kappa shape index (κ1) is 32.0. The van der Waals surface area contributed by atoms with Gasteiger partial charge in [-0.05, 0) is 114 Å². The van der Waals surface area contributed by atoms with Gasteiger partial charge in [-0.15, -0.1) is 0 Å². The first-order valence-corrected chi connectivity index (χ1v) is 17.1. The zero-order valence-electron chi connectivity index (χ0n) is 25.4. The van der Waals surface area contributed by atoms with Gasteiger partial charge >= 0.3 is 0 Å². The Bertz CT molecular complexity index is 1230. The minimum Gasteiger partial charge on any atom is -0.493 e. The van der Waals surface area contributed by atoms with Crippen molar-refractivity contribution in [3.8, 4) is 11.5 Å². The number of halogens is 1. The quantitative estimate of drug-likeness (QED) is 0.256. The summed E-state index contributed by atoms with van der Waals surface area (Å²) in [6, 6.07) is 2.79. The molecule has 1 aromatic carbocycles. The summed E-state index contributed by atoms with van der Waals surface area (Å²) in [5, 5.41) is 33.9. The maximum Gasteiger partial charge on any atom is 0.247 e. The predicted molar refractivity (Wildman–Crippen MR) is 170 cm³/mol. The van der Waals surface area contributed by atoms with Crippen molar-refractivity contribution in [2.24, 2.45) is 29.1 Å². The number of methoxy groups -OCH3 is 1. The lowest BCUT2D eigenvalue weighted by Crippen LogP contribution is -2.60. The van der Waals surface area contributed by atoms with Gasteiger partial charge in [0.2, 0.25) is 11.8 Å². The van der Waals surface area contributed by atoms with Crippen LogP contribution in [0.1, 0.15) is 56.9 Å². The van der Waals surface area contributed by atoms with Crippen molar-refractivity contribution in [3.05, 3.63) is 32.9 Å². The van der Waals surface area contributed by atoms with Gasteiger partial charge in [0.05, 0.1) is 42.5 Å². The molecule has 10 nitrogen and oxygen atoms in total. The van der Waals surface area contributed by atoms with E-state index in [2.05, 4.69) is 27.9 Å². The van der Waals surface area contributed by atoms with Crippen LogP contribution in [0, 0.1) is 32.7 Å². The summed E-state index contributed by atoms with van der Waals surface area (Å²) in [7, 11) is 1.51. The van der Waals surface area contributed by atoms with E-state index in [0.717, 1.165) is 19.3 Å². The molecule has 1 heterocycles. The highest BCUT2D eigenvalue weighted by Gasteiger charge is 2.53. The van der Waals surface area contributed by atoms with Gasteiger partial charge in [0.25, 0.3) is 0 Å². The molecule has 1 saturated heterocycles. The highest BCUT2D eigenvalue weighted by atomic mass is 127. The molecule has 11 heteroatoms. The van der Waals surface area contributed by atoms with Gasteiger partial charge in [-0.25, -0.2) is 0 Å². The van der Waals surface area contributed by atoms with E-state index in [0.29, 0.717) is 70.1 Å². The number of carbonyl (C=O) groups excluding carboxylic acids is 2.